The fourth-order valence-corrected chi connectivity index (χ4v) is 1.97. The van der Waals surface area contributed by atoms with Gasteiger partial charge in [-0.05, 0) is 19.4 Å². The molecule has 0 aromatic heterocycles. The van der Waals surface area contributed by atoms with Crippen molar-refractivity contribution in [2.24, 2.45) is 0 Å². The third kappa shape index (κ3) is 20.2. The third-order valence-electron chi connectivity index (χ3n) is 3.14. The molecule has 30 heavy (non-hydrogen) atoms. The van der Waals surface area contributed by atoms with Crippen LogP contribution in [0.15, 0.2) is 24.3 Å². The van der Waals surface area contributed by atoms with Gasteiger partial charge in [-0.2, -0.15) is 0 Å². The van der Waals surface area contributed by atoms with E-state index in [4.69, 9.17) is 4.79 Å². The Morgan fingerprint density at radius 1 is 1.03 bits per heavy atom. The minimum absolute atomic E-state index is 0.0941. The van der Waals surface area contributed by atoms with E-state index in [-0.39, 0.29) is 24.1 Å². The van der Waals surface area contributed by atoms with E-state index in [2.05, 4.69) is 31.4 Å². The number of unbranched alkanes of at least 4 members (excludes halogenated alkanes) is 1. The maximum Gasteiger partial charge on any atom is 0.252 e. The van der Waals surface area contributed by atoms with E-state index in [0.717, 1.165) is 19.3 Å². The molecule has 0 bridgehead atoms. The van der Waals surface area contributed by atoms with Crippen molar-refractivity contribution in [1.82, 2.24) is 10.6 Å². The smallest absolute Gasteiger partial charge is 0.252 e. The molecular formula is C24H44N2O4. The molecule has 174 valence electrons. The first-order valence-corrected chi connectivity index (χ1v) is 10.9. The lowest BCUT2D eigenvalue weighted by Crippen LogP contribution is -2.41. The normalized spacial score (nSPS) is 9.20. The average Bonchev–Trinajstić information content (AvgIpc) is 2.80. The topological polar surface area (TPSA) is 92.3 Å². The summed E-state index contributed by atoms with van der Waals surface area (Å²) in [5.74, 6) is -0.649. The van der Waals surface area contributed by atoms with Crippen molar-refractivity contribution in [2.75, 3.05) is 6.54 Å². The summed E-state index contributed by atoms with van der Waals surface area (Å²) in [7, 11) is 0. The second-order valence-electron chi connectivity index (χ2n) is 5.71. The molecule has 2 amide bonds. The maximum absolute atomic E-state index is 11.9. The Morgan fingerprint density at radius 2 is 1.53 bits per heavy atom. The summed E-state index contributed by atoms with van der Waals surface area (Å²) in [5, 5.41) is 5.35. The molecule has 0 unspecified atom stereocenters. The number of rotatable bonds is 8. The molecule has 0 saturated heterocycles. The first kappa shape index (κ1) is 35.0. The number of hydrogen-bond donors (Lipinski definition) is 2. The Balaban J connectivity index is -0.000000327. The molecular weight excluding hydrogens is 380 g/mol. The Kier molecular flexibility index (Phi) is 33.5. The SMILES string of the molecule is C=O.CC.CC.CCC.CCCC[C@@H](C)NC(=O)CNC(=O)c1ccccc1C=O. The lowest BCUT2D eigenvalue weighted by atomic mass is 10.1. The molecule has 0 saturated carbocycles. The van der Waals surface area contributed by atoms with E-state index in [1.807, 2.05) is 41.4 Å². The van der Waals surface area contributed by atoms with Gasteiger partial charge in [0.1, 0.15) is 6.79 Å². The van der Waals surface area contributed by atoms with Crippen molar-refractivity contribution in [3.05, 3.63) is 35.4 Å². The lowest BCUT2D eigenvalue weighted by molar-refractivity contribution is -0.120. The molecule has 0 aliphatic carbocycles. The number of hydrogen-bond acceptors (Lipinski definition) is 4. The Hall–Kier alpha value is -2.50. The van der Waals surface area contributed by atoms with Gasteiger partial charge in [0, 0.05) is 17.2 Å². The second-order valence-corrected chi connectivity index (χ2v) is 5.71. The summed E-state index contributed by atoms with van der Waals surface area (Å²) < 4.78 is 0. The summed E-state index contributed by atoms with van der Waals surface area (Å²) in [6, 6.07) is 6.57. The lowest BCUT2D eigenvalue weighted by Gasteiger charge is -2.13. The summed E-state index contributed by atoms with van der Waals surface area (Å²) in [6.07, 6.45) is 4.94. The van der Waals surface area contributed by atoms with Gasteiger partial charge in [-0.25, -0.2) is 0 Å². The third-order valence-corrected chi connectivity index (χ3v) is 3.14. The van der Waals surface area contributed by atoms with E-state index in [0.29, 0.717) is 11.8 Å². The minimum Gasteiger partial charge on any atom is -0.352 e. The van der Waals surface area contributed by atoms with Gasteiger partial charge in [-0.1, -0.05) is 85.9 Å². The van der Waals surface area contributed by atoms with Gasteiger partial charge >= 0.3 is 0 Å². The van der Waals surface area contributed by atoms with Crippen LogP contribution in [0.5, 0.6) is 0 Å². The van der Waals surface area contributed by atoms with Gasteiger partial charge in [0.15, 0.2) is 6.29 Å². The zero-order valence-electron chi connectivity index (χ0n) is 20.3. The van der Waals surface area contributed by atoms with Crippen LogP contribution in [-0.2, 0) is 9.59 Å². The second kappa shape index (κ2) is 28.7. The largest absolute Gasteiger partial charge is 0.352 e. The van der Waals surface area contributed by atoms with Crippen molar-refractivity contribution in [2.45, 2.75) is 87.1 Å². The number of carbonyl (C=O) groups is 4. The maximum atomic E-state index is 11.9. The van der Waals surface area contributed by atoms with Gasteiger partial charge in [0.25, 0.3) is 5.91 Å². The summed E-state index contributed by atoms with van der Waals surface area (Å²) >= 11 is 0. The van der Waals surface area contributed by atoms with Crippen molar-refractivity contribution in [3.8, 4) is 0 Å². The summed E-state index contributed by atoms with van der Waals surface area (Å²) in [6.45, 7) is 18.2. The molecule has 1 aromatic carbocycles. The number of carbonyl (C=O) groups excluding carboxylic acids is 4. The van der Waals surface area contributed by atoms with Gasteiger partial charge in [0.05, 0.1) is 6.54 Å². The molecule has 0 aliphatic rings. The highest BCUT2D eigenvalue weighted by Gasteiger charge is 2.12. The molecule has 6 nitrogen and oxygen atoms in total. The van der Waals surface area contributed by atoms with Gasteiger partial charge in [-0.15, -0.1) is 0 Å². The fourth-order valence-electron chi connectivity index (χ4n) is 1.97. The number of aldehydes is 1. The molecule has 0 radical (unpaired) electrons. The molecule has 2 N–H and O–H groups in total. The quantitative estimate of drug-likeness (QED) is 0.560. The Bertz CT molecular complexity index is 534. The molecule has 1 atom stereocenters. The highest BCUT2D eigenvalue weighted by molar-refractivity contribution is 6.02. The van der Waals surface area contributed by atoms with Crippen molar-refractivity contribution in [3.63, 3.8) is 0 Å². The Morgan fingerprint density at radius 3 is 2.00 bits per heavy atom. The van der Waals surface area contributed by atoms with E-state index in [9.17, 15) is 14.4 Å². The van der Waals surface area contributed by atoms with Crippen LogP contribution in [0.1, 0.15) is 102 Å². The summed E-state index contributed by atoms with van der Waals surface area (Å²) in [4.78, 5) is 42.5. The van der Waals surface area contributed by atoms with Crippen LogP contribution in [0.2, 0.25) is 0 Å². The first-order valence-electron chi connectivity index (χ1n) is 10.9. The predicted molar refractivity (Wildman–Crippen MR) is 127 cm³/mol. The van der Waals surface area contributed by atoms with E-state index >= 15 is 0 Å². The highest BCUT2D eigenvalue weighted by atomic mass is 16.2. The average molecular weight is 425 g/mol. The van der Waals surface area contributed by atoms with E-state index in [1.54, 1.807) is 24.3 Å². The minimum atomic E-state index is -0.422. The fraction of sp³-hybridized carbons (Fsp3) is 0.583. The number of benzene rings is 1. The Labute approximate surface area is 184 Å². The zero-order valence-corrected chi connectivity index (χ0v) is 20.3. The molecule has 1 rings (SSSR count). The van der Waals surface area contributed by atoms with Crippen molar-refractivity contribution < 1.29 is 19.2 Å². The highest BCUT2D eigenvalue weighted by Crippen LogP contribution is 2.05. The van der Waals surface area contributed by atoms with E-state index in [1.165, 1.54) is 6.42 Å². The van der Waals surface area contributed by atoms with Crippen molar-refractivity contribution >= 4 is 24.9 Å². The van der Waals surface area contributed by atoms with Crippen LogP contribution < -0.4 is 10.6 Å². The first-order chi connectivity index (χ1) is 14.5. The molecule has 0 heterocycles. The van der Waals surface area contributed by atoms with Gasteiger partial charge in [0.2, 0.25) is 5.91 Å². The van der Waals surface area contributed by atoms with Crippen LogP contribution in [-0.4, -0.2) is 37.5 Å². The molecule has 1 aromatic rings. The summed E-state index contributed by atoms with van der Waals surface area (Å²) in [5.41, 5.74) is 0.589. The number of amides is 2. The van der Waals surface area contributed by atoms with Crippen LogP contribution in [0, 0.1) is 0 Å². The van der Waals surface area contributed by atoms with Crippen LogP contribution >= 0.6 is 0 Å². The van der Waals surface area contributed by atoms with Crippen LogP contribution in [0.4, 0.5) is 0 Å². The van der Waals surface area contributed by atoms with Crippen LogP contribution in [0.25, 0.3) is 0 Å². The van der Waals surface area contributed by atoms with Gasteiger partial charge < -0.3 is 15.4 Å². The molecule has 0 aliphatic heterocycles. The molecule has 0 fully saturated rings. The number of nitrogens with one attached hydrogen (secondary N) is 2. The molecule has 0 spiro atoms. The van der Waals surface area contributed by atoms with E-state index < -0.39 is 5.91 Å². The van der Waals surface area contributed by atoms with Crippen molar-refractivity contribution in [1.29, 1.82) is 0 Å². The monoisotopic (exact) mass is 424 g/mol. The van der Waals surface area contributed by atoms with Gasteiger partial charge in [-0.3, -0.25) is 14.4 Å². The standard InChI is InChI=1S/C16H22N2O3.C3H8.2C2H6.CH2O/c1-3-4-7-12(2)18-15(20)10-17-16(21)14-9-6-5-8-13(14)11-19;1-3-2;3*1-2/h5-6,8-9,11-12H,3-4,7,10H2,1-2H3,(H,17,21)(H,18,20);3H2,1-2H3;2*1-2H3;1H2/t12-;;;;/m1..../s1. The van der Waals surface area contributed by atoms with Crippen LogP contribution in [0.3, 0.4) is 0 Å². The predicted octanol–water partition coefficient (Wildman–Crippen LogP) is 5.21. The molecule has 6 heteroatoms. The zero-order chi connectivity index (χ0) is 24.4.